The van der Waals surface area contributed by atoms with Gasteiger partial charge in [-0.15, -0.1) is 0 Å². The monoisotopic (exact) mass is 483 g/mol. The van der Waals surface area contributed by atoms with E-state index in [0.717, 1.165) is 4.31 Å². The summed E-state index contributed by atoms with van der Waals surface area (Å²) in [6, 6.07) is 10.8. The standard InChI is InChI=1S/C20H25N3O7S2/c1-29-16-3-7-18(8-4-16)31(25,26)22-11-12-23(15(14-22)13-20(21)24)32(27,28)19-9-5-17(30-2)6-10-19/h3-10,15H,11-14H2,1-2H3,(H2,21,24). The van der Waals surface area contributed by atoms with Crippen molar-refractivity contribution in [2.24, 2.45) is 5.73 Å². The van der Waals surface area contributed by atoms with Gasteiger partial charge in [0.15, 0.2) is 0 Å². The molecule has 2 aromatic rings. The smallest absolute Gasteiger partial charge is 0.243 e. The highest BCUT2D eigenvalue weighted by molar-refractivity contribution is 7.89. The van der Waals surface area contributed by atoms with Crippen molar-refractivity contribution in [1.82, 2.24) is 8.61 Å². The topological polar surface area (TPSA) is 136 Å². The second-order valence-corrected chi connectivity index (χ2v) is 11.0. The van der Waals surface area contributed by atoms with Crippen molar-refractivity contribution in [2.45, 2.75) is 22.3 Å². The molecule has 2 aromatic carbocycles. The number of hydrogen-bond acceptors (Lipinski definition) is 7. The molecule has 0 radical (unpaired) electrons. The van der Waals surface area contributed by atoms with Crippen LogP contribution in [-0.2, 0) is 24.8 Å². The summed E-state index contributed by atoms with van der Waals surface area (Å²) < 4.78 is 65.1. The molecule has 0 bridgehead atoms. The van der Waals surface area contributed by atoms with Crippen molar-refractivity contribution in [3.8, 4) is 11.5 Å². The van der Waals surface area contributed by atoms with Crippen molar-refractivity contribution in [3.63, 3.8) is 0 Å². The molecular formula is C20H25N3O7S2. The fraction of sp³-hybridized carbons (Fsp3) is 0.350. The van der Waals surface area contributed by atoms with Crippen LogP contribution < -0.4 is 15.2 Å². The van der Waals surface area contributed by atoms with Gasteiger partial charge in [0.05, 0.1) is 24.0 Å². The molecule has 0 aromatic heterocycles. The van der Waals surface area contributed by atoms with Gasteiger partial charge in [0, 0.05) is 32.1 Å². The average Bonchev–Trinajstić information content (AvgIpc) is 2.78. The lowest BCUT2D eigenvalue weighted by Gasteiger charge is -2.39. The molecule has 1 aliphatic heterocycles. The van der Waals surface area contributed by atoms with Gasteiger partial charge in [0.2, 0.25) is 26.0 Å². The van der Waals surface area contributed by atoms with E-state index in [4.69, 9.17) is 15.2 Å². The number of benzene rings is 2. The lowest BCUT2D eigenvalue weighted by Crippen LogP contribution is -2.57. The Kier molecular flexibility index (Phi) is 7.08. The average molecular weight is 484 g/mol. The molecule has 12 heteroatoms. The molecule has 0 saturated carbocycles. The minimum Gasteiger partial charge on any atom is -0.497 e. The van der Waals surface area contributed by atoms with Crippen LogP contribution in [0, 0.1) is 0 Å². The summed E-state index contributed by atoms with van der Waals surface area (Å²) in [6.45, 7) is -0.395. The van der Waals surface area contributed by atoms with Gasteiger partial charge in [-0.05, 0) is 48.5 Å². The lowest BCUT2D eigenvalue weighted by atomic mass is 10.1. The van der Waals surface area contributed by atoms with Crippen LogP contribution in [0.25, 0.3) is 0 Å². The number of carbonyl (C=O) groups is 1. The van der Waals surface area contributed by atoms with E-state index < -0.39 is 32.0 Å². The van der Waals surface area contributed by atoms with Crippen molar-refractivity contribution in [2.75, 3.05) is 33.9 Å². The van der Waals surface area contributed by atoms with Crippen molar-refractivity contribution in [1.29, 1.82) is 0 Å². The normalized spacial score (nSPS) is 18.2. The number of nitrogens with zero attached hydrogens (tertiary/aromatic N) is 2. The number of carbonyl (C=O) groups excluding carboxylic acids is 1. The summed E-state index contributed by atoms with van der Waals surface area (Å²) >= 11 is 0. The summed E-state index contributed by atoms with van der Waals surface area (Å²) in [5.41, 5.74) is 5.34. The first-order valence-electron chi connectivity index (χ1n) is 9.68. The number of hydrogen-bond donors (Lipinski definition) is 1. The molecule has 10 nitrogen and oxygen atoms in total. The highest BCUT2D eigenvalue weighted by Crippen LogP contribution is 2.28. The molecule has 0 spiro atoms. The maximum absolute atomic E-state index is 13.2. The Bertz CT molecular complexity index is 1160. The first kappa shape index (κ1) is 24.0. The zero-order valence-corrected chi connectivity index (χ0v) is 19.3. The molecule has 32 heavy (non-hydrogen) atoms. The van der Waals surface area contributed by atoms with E-state index in [-0.39, 0.29) is 35.8 Å². The highest BCUT2D eigenvalue weighted by atomic mass is 32.2. The van der Waals surface area contributed by atoms with Gasteiger partial charge in [0.25, 0.3) is 0 Å². The summed E-state index contributed by atoms with van der Waals surface area (Å²) in [5, 5.41) is 0. The number of amides is 1. The number of rotatable bonds is 8. The zero-order valence-electron chi connectivity index (χ0n) is 17.7. The molecule has 1 aliphatic rings. The third kappa shape index (κ3) is 4.88. The first-order chi connectivity index (χ1) is 15.1. The Morgan fingerprint density at radius 1 is 0.875 bits per heavy atom. The van der Waals surface area contributed by atoms with Crippen LogP contribution in [-0.4, -0.2) is 71.2 Å². The van der Waals surface area contributed by atoms with Crippen LogP contribution in [0.5, 0.6) is 11.5 Å². The number of sulfonamides is 2. The van der Waals surface area contributed by atoms with E-state index in [9.17, 15) is 21.6 Å². The fourth-order valence-electron chi connectivity index (χ4n) is 3.52. The summed E-state index contributed by atoms with van der Waals surface area (Å²) in [6.07, 6.45) is -0.315. The molecule has 174 valence electrons. The predicted molar refractivity (Wildman–Crippen MR) is 116 cm³/mol. The Morgan fingerprint density at radius 2 is 1.34 bits per heavy atom. The molecule has 0 aliphatic carbocycles. The number of primary amides is 1. The van der Waals surface area contributed by atoms with Crippen LogP contribution in [0.2, 0.25) is 0 Å². The maximum atomic E-state index is 13.2. The summed E-state index contributed by atoms with van der Waals surface area (Å²) in [4.78, 5) is 11.7. The molecule has 1 heterocycles. The molecule has 1 fully saturated rings. The van der Waals surface area contributed by atoms with E-state index in [1.54, 1.807) is 0 Å². The molecular weight excluding hydrogens is 458 g/mol. The molecule has 1 unspecified atom stereocenters. The Hall–Kier alpha value is -2.67. The summed E-state index contributed by atoms with van der Waals surface area (Å²) in [5.74, 6) is 0.271. The molecule has 3 rings (SSSR count). The van der Waals surface area contributed by atoms with Gasteiger partial charge >= 0.3 is 0 Å². The summed E-state index contributed by atoms with van der Waals surface area (Å²) in [7, 11) is -4.96. The van der Waals surface area contributed by atoms with E-state index >= 15 is 0 Å². The van der Waals surface area contributed by atoms with Crippen LogP contribution in [0.4, 0.5) is 0 Å². The highest BCUT2D eigenvalue weighted by Gasteiger charge is 2.40. The van der Waals surface area contributed by atoms with Crippen LogP contribution in [0.3, 0.4) is 0 Å². The van der Waals surface area contributed by atoms with Gasteiger partial charge in [-0.2, -0.15) is 8.61 Å². The number of methoxy groups -OCH3 is 2. The van der Waals surface area contributed by atoms with E-state index in [1.165, 1.54) is 67.1 Å². The quantitative estimate of drug-likeness (QED) is 0.582. The first-order valence-corrected chi connectivity index (χ1v) is 12.6. The van der Waals surface area contributed by atoms with Crippen molar-refractivity contribution < 1.29 is 31.1 Å². The van der Waals surface area contributed by atoms with Crippen molar-refractivity contribution >= 4 is 26.0 Å². The minimum atomic E-state index is -3.99. The van der Waals surface area contributed by atoms with Gasteiger partial charge in [-0.3, -0.25) is 4.79 Å². The second kappa shape index (κ2) is 9.45. The van der Waals surface area contributed by atoms with E-state index in [1.807, 2.05) is 0 Å². The number of ether oxygens (including phenoxy) is 2. The van der Waals surface area contributed by atoms with Crippen LogP contribution in [0.1, 0.15) is 6.42 Å². The largest absolute Gasteiger partial charge is 0.497 e. The number of piperazine rings is 1. The Morgan fingerprint density at radius 3 is 1.78 bits per heavy atom. The van der Waals surface area contributed by atoms with E-state index in [2.05, 4.69) is 0 Å². The predicted octanol–water partition coefficient (Wildman–Crippen LogP) is 0.643. The van der Waals surface area contributed by atoms with Gasteiger partial charge in [-0.1, -0.05) is 0 Å². The van der Waals surface area contributed by atoms with Gasteiger partial charge in [-0.25, -0.2) is 16.8 Å². The third-order valence-corrected chi connectivity index (χ3v) is 9.04. The second-order valence-electron chi connectivity index (χ2n) is 7.15. The third-order valence-electron chi connectivity index (χ3n) is 5.19. The zero-order chi connectivity index (χ0) is 23.5. The van der Waals surface area contributed by atoms with Gasteiger partial charge in [0.1, 0.15) is 11.5 Å². The SMILES string of the molecule is COc1ccc(S(=O)(=O)N2CCN(S(=O)(=O)c3ccc(OC)cc3)C(CC(N)=O)C2)cc1. The molecule has 1 atom stereocenters. The number of nitrogens with two attached hydrogens (primary N) is 1. The molecule has 1 amide bonds. The van der Waals surface area contributed by atoms with Crippen LogP contribution in [0.15, 0.2) is 58.3 Å². The Balaban J connectivity index is 1.89. The van der Waals surface area contributed by atoms with Crippen LogP contribution >= 0.6 is 0 Å². The minimum absolute atomic E-state index is 0.0132. The Labute approximate surface area is 187 Å². The lowest BCUT2D eigenvalue weighted by molar-refractivity contribution is -0.119. The molecule has 1 saturated heterocycles. The maximum Gasteiger partial charge on any atom is 0.243 e. The van der Waals surface area contributed by atoms with Gasteiger partial charge < -0.3 is 15.2 Å². The molecule has 2 N–H and O–H groups in total. The van der Waals surface area contributed by atoms with Crippen molar-refractivity contribution in [3.05, 3.63) is 48.5 Å². The van der Waals surface area contributed by atoms with E-state index in [0.29, 0.717) is 11.5 Å². The fourth-order valence-corrected chi connectivity index (χ4v) is 6.60.